The first-order chi connectivity index (χ1) is 9.49. The predicted octanol–water partition coefficient (Wildman–Crippen LogP) is 2.66. The number of halogens is 2. The largest absolute Gasteiger partial charge is 0.481 e. The number of nitrogens with zero attached hydrogens (tertiary/aromatic N) is 1. The van der Waals surface area contributed by atoms with Gasteiger partial charge in [-0.05, 0) is 44.5 Å². The second-order valence-electron chi connectivity index (χ2n) is 5.25. The van der Waals surface area contributed by atoms with Gasteiger partial charge in [0.25, 0.3) is 5.91 Å². The summed E-state index contributed by atoms with van der Waals surface area (Å²) in [6, 6.07) is 5.62. The van der Waals surface area contributed by atoms with E-state index in [0.717, 1.165) is 25.2 Å². The summed E-state index contributed by atoms with van der Waals surface area (Å²) in [6.07, 6.45) is -0.490. The van der Waals surface area contributed by atoms with E-state index in [0.29, 0.717) is 10.8 Å². The number of piperazine rings is 1. The molecule has 6 heteroatoms. The van der Waals surface area contributed by atoms with Crippen LogP contribution in [-0.2, 0) is 4.79 Å². The topological polar surface area (TPSA) is 41.6 Å². The molecular weight excluding hydrogens is 311 g/mol. The highest BCUT2D eigenvalue weighted by atomic mass is 35.5. The van der Waals surface area contributed by atoms with Crippen LogP contribution < -0.4 is 10.1 Å². The van der Waals surface area contributed by atoms with Gasteiger partial charge in [-0.3, -0.25) is 4.79 Å². The van der Waals surface area contributed by atoms with E-state index in [2.05, 4.69) is 5.32 Å². The van der Waals surface area contributed by atoms with Gasteiger partial charge in [0.1, 0.15) is 5.75 Å². The molecule has 1 amide bonds. The van der Waals surface area contributed by atoms with Crippen molar-refractivity contribution in [3.63, 3.8) is 0 Å². The first-order valence-electron chi connectivity index (χ1n) is 6.93. The molecular formula is C15H22Cl2N2O2. The molecule has 1 saturated heterocycles. The van der Waals surface area contributed by atoms with E-state index in [9.17, 15) is 4.79 Å². The number of nitrogens with one attached hydrogen (secondary N) is 1. The van der Waals surface area contributed by atoms with E-state index < -0.39 is 6.10 Å². The van der Waals surface area contributed by atoms with Crippen LogP contribution >= 0.6 is 24.0 Å². The second-order valence-corrected chi connectivity index (χ2v) is 5.69. The zero-order chi connectivity index (χ0) is 14.7. The van der Waals surface area contributed by atoms with Crippen LogP contribution in [0.5, 0.6) is 5.75 Å². The van der Waals surface area contributed by atoms with E-state index in [1.54, 1.807) is 13.0 Å². The maximum atomic E-state index is 12.4. The van der Waals surface area contributed by atoms with Crippen molar-refractivity contribution in [1.82, 2.24) is 10.2 Å². The van der Waals surface area contributed by atoms with Crippen molar-refractivity contribution in [3.8, 4) is 5.75 Å². The molecule has 0 aromatic heterocycles. The summed E-state index contributed by atoms with van der Waals surface area (Å²) >= 11 is 5.92. The zero-order valence-electron chi connectivity index (χ0n) is 12.6. The van der Waals surface area contributed by atoms with Gasteiger partial charge in [-0.1, -0.05) is 11.6 Å². The lowest BCUT2D eigenvalue weighted by Gasteiger charge is -2.35. The molecule has 1 aliphatic rings. The van der Waals surface area contributed by atoms with E-state index in [1.807, 2.05) is 30.9 Å². The summed E-state index contributed by atoms with van der Waals surface area (Å²) in [5, 5.41) is 3.94. The molecule has 0 aliphatic carbocycles. The zero-order valence-corrected chi connectivity index (χ0v) is 14.1. The molecule has 0 spiro atoms. The summed E-state index contributed by atoms with van der Waals surface area (Å²) in [7, 11) is 0. The lowest BCUT2D eigenvalue weighted by atomic mass is 10.2. The van der Waals surface area contributed by atoms with Crippen LogP contribution in [0, 0.1) is 6.92 Å². The number of aryl methyl sites for hydroxylation is 1. The minimum Gasteiger partial charge on any atom is -0.481 e. The van der Waals surface area contributed by atoms with Crippen LogP contribution in [0.2, 0.25) is 5.02 Å². The number of rotatable bonds is 3. The summed E-state index contributed by atoms with van der Waals surface area (Å²) in [4.78, 5) is 14.3. The van der Waals surface area contributed by atoms with Gasteiger partial charge in [0.15, 0.2) is 6.10 Å². The van der Waals surface area contributed by atoms with Gasteiger partial charge < -0.3 is 15.0 Å². The Morgan fingerprint density at radius 3 is 2.86 bits per heavy atom. The van der Waals surface area contributed by atoms with E-state index in [1.165, 1.54) is 0 Å². The van der Waals surface area contributed by atoms with Gasteiger partial charge in [-0.2, -0.15) is 0 Å². The Kier molecular flexibility index (Phi) is 6.78. The number of hydrogen-bond acceptors (Lipinski definition) is 3. The van der Waals surface area contributed by atoms with Crippen LogP contribution in [0.1, 0.15) is 19.4 Å². The average Bonchev–Trinajstić information content (AvgIpc) is 2.41. The lowest BCUT2D eigenvalue weighted by Crippen LogP contribution is -2.55. The van der Waals surface area contributed by atoms with Crippen LogP contribution in [0.15, 0.2) is 18.2 Å². The SMILES string of the molecule is Cc1cc(Cl)ccc1OC(C)C(=O)N1CCNC[C@@H]1C.Cl. The standard InChI is InChI=1S/C15H21ClN2O2.ClH/c1-10-8-13(16)4-5-14(10)20-12(3)15(19)18-7-6-17-9-11(18)2;/h4-5,8,11-12,17H,6-7,9H2,1-3H3;1H/t11-,12?;/m0./s1. The van der Waals surface area contributed by atoms with Crippen LogP contribution in [0.4, 0.5) is 0 Å². The van der Waals surface area contributed by atoms with Gasteiger partial charge in [-0.25, -0.2) is 0 Å². The molecule has 1 fully saturated rings. The van der Waals surface area contributed by atoms with E-state index in [4.69, 9.17) is 16.3 Å². The highest BCUT2D eigenvalue weighted by Gasteiger charge is 2.28. The molecule has 1 unspecified atom stereocenters. The molecule has 0 bridgehead atoms. The van der Waals surface area contributed by atoms with Crippen molar-refractivity contribution < 1.29 is 9.53 Å². The minimum atomic E-state index is -0.490. The third-order valence-electron chi connectivity index (χ3n) is 3.57. The monoisotopic (exact) mass is 332 g/mol. The third-order valence-corrected chi connectivity index (χ3v) is 3.81. The molecule has 0 radical (unpaired) electrons. The van der Waals surface area contributed by atoms with E-state index >= 15 is 0 Å². The Labute approximate surface area is 137 Å². The number of ether oxygens (including phenoxy) is 1. The molecule has 21 heavy (non-hydrogen) atoms. The normalized spacial score (nSPS) is 19.6. The van der Waals surface area contributed by atoms with Crippen molar-refractivity contribution in [3.05, 3.63) is 28.8 Å². The van der Waals surface area contributed by atoms with Gasteiger partial charge in [-0.15, -0.1) is 12.4 Å². The molecule has 1 N–H and O–H groups in total. The van der Waals surface area contributed by atoms with Crippen molar-refractivity contribution in [1.29, 1.82) is 0 Å². The molecule has 4 nitrogen and oxygen atoms in total. The van der Waals surface area contributed by atoms with Gasteiger partial charge in [0, 0.05) is 30.7 Å². The quantitative estimate of drug-likeness (QED) is 0.925. The highest BCUT2D eigenvalue weighted by molar-refractivity contribution is 6.30. The fourth-order valence-corrected chi connectivity index (χ4v) is 2.61. The van der Waals surface area contributed by atoms with Crippen molar-refractivity contribution in [2.45, 2.75) is 32.9 Å². The lowest BCUT2D eigenvalue weighted by molar-refractivity contribution is -0.140. The van der Waals surface area contributed by atoms with Gasteiger partial charge in [0.05, 0.1) is 0 Å². The summed E-state index contributed by atoms with van der Waals surface area (Å²) < 4.78 is 5.79. The molecule has 2 atom stereocenters. The maximum Gasteiger partial charge on any atom is 0.263 e. The third kappa shape index (κ3) is 4.50. The Bertz CT molecular complexity index is 497. The first kappa shape index (κ1) is 18.1. The smallest absolute Gasteiger partial charge is 0.263 e. The Morgan fingerprint density at radius 1 is 1.52 bits per heavy atom. The van der Waals surface area contributed by atoms with Crippen molar-refractivity contribution in [2.24, 2.45) is 0 Å². The number of carbonyl (C=O) groups is 1. The Balaban J connectivity index is 0.00000220. The fourth-order valence-electron chi connectivity index (χ4n) is 2.39. The van der Waals surface area contributed by atoms with Gasteiger partial charge >= 0.3 is 0 Å². The molecule has 0 saturated carbocycles. The molecule has 1 aliphatic heterocycles. The number of amides is 1. The highest BCUT2D eigenvalue weighted by Crippen LogP contribution is 2.23. The summed E-state index contributed by atoms with van der Waals surface area (Å²) in [5.74, 6) is 0.742. The molecule has 1 aromatic carbocycles. The minimum absolute atomic E-state index is 0. The maximum absolute atomic E-state index is 12.4. The first-order valence-corrected chi connectivity index (χ1v) is 7.31. The molecule has 1 heterocycles. The number of benzene rings is 1. The molecule has 118 valence electrons. The number of carbonyl (C=O) groups excluding carboxylic acids is 1. The number of hydrogen-bond donors (Lipinski definition) is 1. The average molecular weight is 333 g/mol. The van der Waals surface area contributed by atoms with Crippen LogP contribution in [-0.4, -0.2) is 42.6 Å². The second kappa shape index (κ2) is 7.87. The Hall–Kier alpha value is -0.970. The van der Waals surface area contributed by atoms with Crippen molar-refractivity contribution >= 4 is 29.9 Å². The predicted molar refractivity (Wildman–Crippen MR) is 87.6 cm³/mol. The van der Waals surface area contributed by atoms with Crippen LogP contribution in [0.3, 0.4) is 0 Å². The van der Waals surface area contributed by atoms with Gasteiger partial charge in [0.2, 0.25) is 0 Å². The fraction of sp³-hybridized carbons (Fsp3) is 0.533. The van der Waals surface area contributed by atoms with Crippen LogP contribution in [0.25, 0.3) is 0 Å². The Morgan fingerprint density at radius 2 is 2.24 bits per heavy atom. The molecule has 1 aromatic rings. The molecule has 2 rings (SSSR count). The summed E-state index contributed by atoms with van der Waals surface area (Å²) in [5.41, 5.74) is 0.936. The summed E-state index contributed by atoms with van der Waals surface area (Å²) in [6.45, 7) is 8.16. The van der Waals surface area contributed by atoms with Crippen molar-refractivity contribution in [2.75, 3.05) is 19.6 Å². The van der Waals surface area contributed by atoms with E-state index in [-0.39, 0.29) is 24.4 Å².